The van der Waals surface area contributed by atoms with E-state index in [1.165, 1.54) is 13.0 Å². The highest BCUT2D eigenvalue weighted by atomic mass is 19.3. The quantitative estimate of drug-likeness (QED) is 0.389. The molecule has 0 aliphatic rings. The van der Waals surface area contributed by atoms with Gasteiger partial charge in [0.2, 0.25) is 6.08 Å². The molecule has 0 amide bonds. The summed E-state index contributed by atoms with van der Waals surface area (Å²) in [5.41, 5.74) is 0. The van der Waals surface area contributed by atoms with Gasteiger partial charge < -0.3 is 4.42 Å². The van der Waals surface area contributed by atoms with Gasteiger partial charge >= 0.3 is 6.05 Å². The normalized spacial score (nSPS) is 10.9. The maximum absolute atomic E-state index is 12.6. The number of hydrogen-bond donors (Lipinski definition) is 0. The first-order chi connectivity index (χ1) is 5.56. The molecule has 0 saturated carbocycles. The summed E-state index contributed by atoms with van der Waals surface area (Å²) in [5.74, 6) is -0.311. The molecule has 12 heavy (non-hydrogen) atoms. The van der Waals surface area contributed by atoms with Crippen molar-refractivity contribution in [3.63, 3.8) is 0 Å². The van der Waals surface area contributed by atoms with E-state index in [9.17, 15) is 13.6 Å². The van der Waals surface area contributed by atoms with E-state index in [0.717, 1.165) is 12.1 Å². The van der Waals surface area contributed by atoms with Crippen molar-refractivity contribution in [1.29, 1.82) is 0 Å². The number of aryl methyl sites for hydroxylation is 1. The summed E-state index contributed by atoms with van der Waals surface area (Å²) in [5, 5.41) is 0. The van der Waals surface area contributed by atoms with Gasteiger partial charge in [-0.1, -0.05) is 0 Å². The van der Waals surface area contributed by atoms with Gasteiger partial charge in [-0.15, -0.1) is 4.99 Å². The van der Waals surface area contributed by atoms with E-state index in [-0.39, 0.29) is 0 Å². The molecule has 0 spiro atoms. The lowest BCUT2D eigenvalue weighted by Gasteiger charge is -2.03. The van der Waals surface area contributed by atoms with E-state index in [1.807, 2.05) is 0 Å². The first kappa shape index (κ1) is 8.62. The molecule has 0 fully saturated rings. The molecular formula is C7H5F2NO2. The average molecular weight is 173 g/mol. The number of isocyanates is 1. The van der Waals surface area contributed by atoms with Gasteiger partial charge in [0.25, 0.3) is 0 Å². The van der Waals surface area contributed by atoms with E-state index in [1.54, 1.807) is 0 Å². The number of rotatable bonds is 2. The van der Waals surface area contributed by atoms with Crippen LogP contribution in [0.4, 0.5) is 8.78 Å². The minimum atomic E-state index is -3.60. The van der Waals surface area contributed by atoms with Crippen molar-refractivity contribution >= 4 is 6.08 Å². The molecule has 5 heteroatoms. The Morgan fingerprint density at radius 1 is 1.58 bits per heavy atom. The molecule has 3 nitrogen and oxygen atoms in total. The zero-order valence-corrected chi connectivity index (χ0v) is 6.17. The van der Waals surface area contributed by atoms with Crippen LogP contribution in [0.5, 0.6) is 0 Å². The van der Waals surface area contributed by atoms with Gasteiger partial charge in [0, 0.05) is 0 Å². The molecule has 64 valence electrons. The molecule has 1 aromatic heterocycles. The third-order valence-electron chi connectivity index (χ3n) is 1.22. The summed E-state index contributed by atoms with van der Waals surface area (Å²) in [6.45, 7) is 1.52. The molecule has 0 radical (unpaired) electrons. The summed E-state index contributed by atoms with van der Waals surface area (Å²) in [7, 11) is 0. The Hall–Kier alpha value is -1.48. The van der Waals surface area contributed by atoms with Gasteiger partial charge in [-0.25, -0.2) is 4.79 Å². The van der Waals surface area contributed by atoms with Gasteiger partial charge in [0.15, 0.2) is 5.76 Å². The van der Waals surface area contributed by atoms with Crippen molar-refractivity contribution < 1.29 is 18.0 Å². The minimum Gasteiger partial charge on any atom is -0.458 e. The fourth-order valence-electron chi connectivity index (χ4n) is 0.709. The summed E-state index contributed by atoms with van der Waals surface area (Å²) >= 11 is 0. The molecule has 0 saturated heterocycles. The number of halogens is 2. The standard InChI is InChI=1S/C7H5F2NO2/c1-5-2-3-6(12-5)7(8,9)10-4-11/h2-3H,1H3. The number of aliphatic imine (C=N–C) groups is 1. The van der Waals surface area contributed by atoms with E-state index < -0.39 is 11.8 Å². The van der Waals surface area contributed by atoms with Crippen molar-refractivity contribution in [1.82, 2.24) is 0 Å². The monoisotopic (exact) mass is 173 g/mol. The van der Waals surface area contributed by atoms with Crippen molar-refractivity contribution in [2.45, 2.75) is 13.0 Å². The molecule has 0 atom stereocenters. The van der Waals surface area contributed by atoms with Gasteiger partial charge in [-0.3, -0.25) is 0 Å². The van der Waals surface area contributed by atoms with Crippen LogP contribution in [0.2, 0.25) is 0 Å². The highest BCUT2D eigenvalue weighted by Gasteiger charge is 2.34. The number of hydrogen-bond acceptors (Lipinski definition) is 3. The van der Waals surface area contributed by atoms with E-state index in [2.05, 4.69) is 9.41 Å². The maximum Gasteiger partial charge on any atom is 0.410 e. The lowest BCUT2D eigenvalue weighted by Crippen LogP contribution is -2.07. The Bertz CT molecular complexity index is 326. The zero-order chi connectivity index (χ0) is 9.19. The van der Waals surface area contributed by atoms with Gasteiger partial charge in [0.1, 0.15) is 5.76 Å². The van der Waals surface area contributed by atoms with Crippen molar-refractivity contribution in [2.24, 2.45) is 4.99 Å². The third kappa shape index (κ3) is 1.57. The molecule has 1 heterocycles. The Kier molecular flexibility index (Phi) is 2.06. The van der Waals surface area contributed by atoms with Gasteiger partial charge in [-0.05, 0) is 19.1 Å². The average Bonchev–Trinajstić information content (AvgIpc) is 2.36. The smallest absolute Gasteiger partial charge is 0.410 e. The Morgan fingerprint density at radius 3 is 2.67 bits per heavy atom. The van der Waals surface area contributed by atoms with Crippen LogP contribution in [0.1, 0.15) is 11.5 Å². The Labute approximate surface area is 66.7 Å². The molecule has 0 bridgehead atoms. The fourth-order valence-corrected chi connectivity index (χ4v) is 0.709. The number of carbonyl (C=O) groups excluding carboxylic acids is 1. The fraction of sp³-hybridized carbons (Fsp3) is 0.286. The lowest BCUT2D eigenvalue weighted by atomic mass is 10.4. The number of furan rings is 1. The Balaban J connectivity index is 3.04. The molecular weight excluding hydrogens is 168 g/mol. The van der Waals surface area contributed by atoms with Crippen LogP contribution in [0.15, 0.2) is 21.5 Å². The summed E-state index contributed by atoms with van der Waals surface area (Å²) in [6, 6.07) is -1.17. The first-order valence-corrected chi connectivity index (χ1v) is 3.10. The van der Waals surface area contributed by atoms with Crippen LogP contribution in [0, 0.1) is 6.92 Å². The van der Waals surface area contributed by atoms with Crippen LogP contribution in [-0.2, 0) is 10.8 Å². The van der Waals surface area contributed by atoms with Crippen molar-refractivity contribution in [3.8, 4) is 0 Å². The van der Waals surface area contributed by atoms with Crippen LogP contribution >= 0.6 is 0 Å². The second-order valence-corrected chi connectivity index (χ2v) is 2.15. The van der Waals surface area contributed by atoms with E-state index >= 15 is 0 Å². The molecule has 1 aromatic rings. The second-order valence-electron chi connectivity index (χ2n) is 2.15. The lowest BCUT2D eigenvalue weighted by molar-refractivity contribution is -0.0166. The molecule has 0 N–H and O–H groups in total. The molecule has 0 unspecified atom stereocenters. The molecule has 0 aromatic carbocycles. The molecule has 0 aliphatic heterocycles. The number of nitrogens with zero attached hydrogens (tertiary/aromatic N) is 1. The predicted molar refractivity (Wildman–Crippen MR) is 35.5 cm³/mol. The molecule has 1 rings (SSSR count). The summed E-state index contributed by atoms with van der Waals surface area (Å²) in [4.78, 5) is 11.9. The van der Waals surface area contributed by atoms with E-state index in [0.29, 0.717) is 5.76 Å². The van der Waals surface area contributed by atoms with Crippen molar-refractivity contribution in [3.05, 3.63) is 23.7 Å². The topological polar surface area (TPSA) is 42.6 Å². The summed E-state index contributed by atoms with van der Waals surface area (Å²) < 4.78 is 29.9. The maximum atomic E-state index is 12.6. The SMILES string of the molecule is Cc1ccc(C(F)(F)N=C=O)o1. The first-order valence-electron chi connectivity index (χ1n) is 3.10. The van der Waals surface area contributed by atoms with Crippen LogP contribution in [0.25, 0.3) is 0 Å². The van der Waals surface area contributed by atoms with Crippen LogP contribution < -0.4 is 0 Å². The highest BCUT2D eigenvalue weighted by molar-refractivity contribution is 5.34. The highest BCUT2D eigenvalue weighted by Crippen LogP contribution is 2.29. The van der Waals surface area contributed by atoms with Crippen LogP contribution in [0.3, 0.4) is 0 Å². The largest absolute Gasteiger partial charge is 0.458 e. The summed E-state index contributed by atoms with van der Waals surface area (Å²) in [6.07, 6.45) is 0.781. The van der Waals surface area contributed by atoms with E-state index in [4.69, 9.17) is 0 Å². The predicted octanol–water partition coefficient (Wildman–Crippen LogP) is 1.97. The van der Waals surface area contributed by atoms with Gasteiger partial charge in [0.05, 0.1) is 0 Å². The van der Waals surface area contributed by atoms with Gasteiger partial charge in [-0.2, -0.15) is 8.78 Å². The Morgan fingerprint density at radius 2 is 2.25 bits per heavy atom. The zero-order valence-electron chi connectivity index (χ0n) is 6.17. The minimum absolute atomic E-state index is 0.339. The van der Waals surface area contributed by atoms with Crippen molar-refractivity contribution in [2.75, 3.05) is 0 Å². The number of alkyl halides is 2. The second kappa shape index (κ2) is 2.87. The van der Waals surface area contributed by atoms with Crippen LogP contribution in [-0.4, -0.2) is 6.08 Å². The third-order valence-corrected chi connectivity index (χ3v) is 1.22. The molecule has 0 aliphatic carbocycles.